The van der Waals surface area contributed by atoms with E-state index < -0.39 is 12.1 Å². The summed E-state index contributed by atoms with van der Waals surface area (Å²) in [6.45, 7) is 6.70. The van der Waals surface area contributed by atoms with Gasteiger partial charge >= 0.3 is 0 Å². The maximum absolute atomic E-state index is 12.6. The molecule has 0 spiro atoms. The van der Waals surface area contributed by atoms with Crippen LogP contribution in [0, 0.1) is 5.41 Å². The van der Waals surface area contributed by atoms with E-state index in [4.69, 9.17) is 5.73 Å². The number of benzene rings is 1. The molecular weight excluding hydrogens is 276 g/mol. The molecule has 1 heterocycles. The largest absolute Gasteiger partial charge is 0.388 e. The second-order valence-electron chi connectivity index (χ2n) is 7.33. The molecule has 22 heavy (non-hydrogen) atoms. The minimum atomic E-state index is -0.537. The van der Waals surface area contributed by atoms with Gasteiger partial charge in [-0.25, -0.2) is 0 Å². The van der Waals surface area contributed by atoms with E-state index in [0.29, 0.717) is 6.42 Å². The fourth-order valence-corrected chi connectivity index (χ4v) is 2.99. The molecule has 0 saturated carbocycles. The molecule has 2 unspecified atom stereocenters. The van der Waals surface area contributed by atoms with Crippen molar-refractivity contribution in [2.45, 2.75) is 58.2 Å². The van der Waals surface area contributed by atoms with E-state index >= 15 is 0 Å². The average molecular weight is 304 g/mol. The van der Waals surface area contributed by atoms with Gasteiger partial charge in [0.05, 0.1) is 12.1 Å². The van der Waals surface area contributed by atoms with Crippen molar-refractivity contribution in [1.82, 2.24) is 4.90 Å². The van der Waals surface area contributed by atoms with Crippen molar-refractivity contribution in [3.63, 3.8) is 0 Å². The normalized spacial score (nSPS) is 21.7. The molecule has 122 valence electrons. The molecule has 1 fully saturated rings. The number of nitrogens with two attached hydrogens (primary N) is 1. The summed E-state index contributed by atoms with van der Waals surface area (Å²) in [7, 11) is 0. The van der Waals surface area contributed by atoms with Crippen LogP contribution in [-0.2, 0) is 4.79 Å². The molecule has 1 aliphatic heterocycles. The summed E-state index contributed by atoms with van der Waals surface area (Å²) in [5.74, 6) is 0.00950. The van der Waals surface area contributed by atoms with Crippen molar-refractivity contribution in [2.24, 2.45) is 11.1 Å². The number of hydrogen-bond acceptors (Lipinski definition) is 3. The van der Waals surface area contributed by atoms with E-state index in [1.165, 1.54) is 0 Å². The van der Waals surface area contributed by atoms with Crippen molar-refractivity contribution in [3.05, 3.63) is 35.9 Å². The maximum Gasteiger partial charge on any atom is 0.240 e. The fraction of sp³-hybridized carbons (Fsp3) is 0.611. The first-order valence-electron chi connectivity index (χ1n) is 8.10. The van der Waals surface area contributed by atoms with E-state index in [-0.39, 0.29) is 17.4 Å². The van der Waals surface area contributed by atoms with Crippen LogP contribution in [0.1, 0.15) is 51.7 Å². The molecule has 3 atom stereocenters. The Morgan fingerprint density at radius 3 is 2.59 bits per heavy atom. The summed E-state index contributed by atoms with van der Waals surface area (Å²) in [6, 6.07) is 9.21. The van der Waals surface area contributed by atoms with Gasteiger partial charge in [-0.1, -0.05) is 51.1 Å². The van der Waals surface area contributed by atoms with E-state index in [1.807, 2.05) is 56.0 Å². The van der Waals surface area contributed by atoms with Crippen LogP contribution in [-0.4, -0.2) is 34.5 Å². The average Bonchev–Trinajstić information content (AvgIpc) is 2.93. The second-order valence-corrected chi connectivity index (χ2v) is 7.33. The zero-order valence-corrected chi connectivity index (χ0v) is 13.8. The third-order valence-corrected chi connectivity index (χ3v) is 4.54. The smallest absolute Gasteiger partial charge is 0.240 e. The number of amides is 1. The molecule has 0 radical (unpaired) electrons. The van der Waals surface area contributed by atoms with Gasteiger partial charge < -0.3 is 15.7 Å². The predicted octanol–water partition coefficient (Wildman–Crippen LogP) is 2.47. The van der Waals surface area contributed by atoms with Gasteiger partial charge in [0.25, 0.3) is 0 Å². The molecule has 1 aromatic rings. The van der Waals surface area contributed by atoms with Crippen molar-refractivity contribution >= 4 is 5.91 Å². The SMILES string of the molecule is CC(C)(C)[C@H](N)C(=O)N1CCCC1CC(O)c1ccccc1. The minimum Gasteiger partial charge on any atom is -0.388 e. The number of nitrogens with zero attached hydrogens (tertiary/aromatic N) is 1. The number of hydrogen-bond donors (Lipinski definition) is 2. The molecule has 0 aromatic heterocycles. The van der Waals surface area contributed by atoms with Gasteiger partial charge in [0, 0.05) is 12.6 Å². The highest BCUT2D eigenvalue weighted by molar-refractivity contribution is 5.83. The second kappa shape index (κ2) is 6.80. The Hall–Kier alpha value is -1.39. The van der Waals surface area contributed by atoms with Crippen molar-refractivity contribution in [2.75, 3.05) is 6.54 Å². The first kappa shape index (κ1) is 17.0. The number of aliphatic hydroxyl groups excluding tert-OH is 1. The van der Waals surface area contributed by atoms with Gasteiger partial charge in [0.1, 0.15) is 0 Å². The van der Waals surface area contributed by atoms with Gasteiger partial charge in [-0.3, -0.25) is 4.79 Å². The van der Waals surface area contributed by atoms with Crippen LogP contribution in [0.2, 0.25) is 0 Å². The Morgan fingerprint density at radius 2 is 2.00 bits per heavy atom. The summed E-state index contributed by atoms with van der Waals surface area (Å²) in [6.07, 6.45) is 1.96. The van der Waals surface area contributed by atoms with Gasteiger partial charge in [-0.15, -0.1) is 0 Å². The van der Waals surface area contributed by atoms with Crippen LogP contribution in [0.3, 0.4) is 0 Å². The third kappa shape index (κ3) is 3.87. The van der Waals surface area contributed by atoms with Crippen LogP contribution in [0.5, 0.6) is 0 Å². The van der Waals surface area contributed by atoms with Crippen molar-refractivity contribution in [1.29, 1.82) is 0 Å². The van der Waals surface area contributed by atoms with E-state index in [2.05, 4.69) is 0 Å². The first-order chi connectivity index (χ1) is 10.3. The summed E-state index contributed by atoms with van der Waals surface area (Å²) in [5, 5.41) is 10.4. The van der Waals surface area contributed by atoms with Crippen LogP contribution in [0.25, 0.3) is 0 Å². The molecule has 1 aliphatic rings. The lowest BCUT2D eigenvalue weighted by Crippen LogP contribution is -2.52. The molecule has 0 aliphatic carbocycles. The van der Waals surface area contributed by atoms with Crippen molar-refractivity contribution < 1.29 is 9.90 Å². The lowest BCUT2D eigenvalue weighted by atomic mass is 9.86. The zero-order valence-electron chi connectivity index (χ0n) is 13.8. The van der Waals surface area contributed by atoms with Gasteiger partial charge in [0.15, 0.2) is 0 Å². The van der Waals surface area contributed by atoms with Crippen LogP contribution in [0.4, 0.5) is 0 Å². The number of carbonyl (C=O) groups is 1. The Balaban J connectivity index is 2.03. The molecule has 2 rings (SSSR count). The molecule has 1 aromatic carbocycles. The number of likely N-dealkylation sites (tertiary alicyclic amines) is 1. The Bertz CT molecular complexity index is 496. The fourth-order valence-electron chi connectivity index (χ4n) is 2.99. The highest BCUT2D eigenvalue weighted by Crippen LogP contribution is 2.29. The lowest BCUT2D eigenvalue weighted by Gasteiger charge is -2.33. The maximum atomic E-state index is 12.6. The van der Waals surface area contributed by atoms with Gasteiger partial charge in [0.2, 0.25) is 5.91 Å². The summed E-state index contributed by atoms with van der Waals surface area (Å²) < 4.78 is 0. The summed E-state index contributed by atoms with van der Waals surface area (Å²) in [5.41, 5.74) is 6.78. The Kier molecular flexibility index (Phi) is 5.24. The monoisotopic (exact) mass is 304 g/mol. The Labute approximate surface area is 133 Å². The van der Waals surface area contributed by atoms with Crippen LogP contribution >= 0.6 is 0 Å². The van der Waals surface area contributed by atoms with Crippen LogP contribution in [0.15, 0.2) is 30.3 Å². The summed E-state index contributed by atoms with van der Waals surface area (Å²) in [4.78, 5) is 14.5. The number of rotatable bonds is 4. The molecule has 3 N–H and O–H groups in total. The van der Waals surface area contributed by atoms with Crippen molar-refractivity contribution in [3.8, 4) is 0 Å². The molecule has 0 bridgehead atoms. The lowest BCUT2D eigenvalue weighted by molar-refractivity contribution is -0.136. The van der Waals surface area contributed by atoms with Gasteiger partial charge in [-0.05, 0) is 30.2 Å². The standard InChI is InChI=1S/C18H28N2O2/c1-18(2,3)16(19)17(22)20-11-7-10-14(20)12-15(21)13-8-5-4-6-9-13/h4-6,8-9,14-16,21H,7,10-12,19H2,1-3H3/t14?,15?,16-/m1/s1. The predicted molar refractivity (Wildman–Crippen MR) is 88.2 cm³/mol. The molecule has 1 amide bonds. The van der Waals surface area contributed by atoms with Crippen LogP contribution < -0.4 is 5.73 Å². The van der Waals surface area contributed by atoms with E-state index in [1.54, 1.807) is 0 Å². The zero-order chi connectivity index (χ0) is 16.3. The molecule has 4 nitrogen and oxygen atoms in total. The highest BCUT2D eigenvalue weighted by atomic mass is 16.3. The molecule has 1 saturated heterocycles. The Morgan fingerprint density at radius 1 is 1.36 bits per heavy atom. The molecule has 4 heteroatoms. The number of carbonyl (C=O) groups excluding carboxylic acids is 1. The quantitative estimate of drug-likeness (QED) is 0.898. The van der Waals surface area contributed by atoms with E-state index in [9.17, 15) is 9.90 Å². The van der Waals surface area contributed by atoms with E-state index in [0.717, 1.165) is 24.9 Å². The van der Waals surface area contributed by atoms with Gasteiger partial charge in [-0.2, -0.15) is 0 Å². The summed E-state index contributed by atoms with van der Waals surface area (Å²) >= 11 is 0. The number of aliphatic hydroxyl groups is 1. The molecular formula is C18H28N2O2. The third-order valence-electron chi connectivity index (χ3n) is 4.54. The first-order valence-corrected chi connectivity index (χ1v) is 8.10. The minimum absolute atomic E-state index is 0.00950. The highest BCUT2D eigenvalue weighted by Gasteiger charge is 2.37. The topological polar surface area (TPSA) is 66.6 Å².